The summed E-state index contributed by atoms with van der Waals surface area (Å²) in [6.07, 6.45) is -0.599. The Bertz CT molecular complexity index is 528. The molecule has 1 aromatic rings. The summed E-state index contributed by atoms with van der Waals surface area (Å²) >= 11 is 0. The number of benzene rings is 1. The molecular formula is C13H16N2O6. The number of hydrogen-bond acceptors (Lipinski definition) is 5. The lowest BCUT2D eigenvalue weighted by molar-refractivity contribution is -0.142. The molecule has 8 nitrogen and oxygen atoms in total. The molecule has 1 aromatic carbocycles. The Balaban J connectivity index is 2.69. The van der Waals surface area contributed by atoms with Crippen LogP contribution in [0.4, 0.5) is 0 Å². The molecule has 0 aliphatic rings. The highest BCUT2D eigenvalue weighted by Gasteiger charge is 2.24. The molecule has 114 valence electrons. The zero-order valence-corrected chi connectivity index (χ0v) is 11.0. The zero-order valence-electron chi connectivity index (χ0n) is 11.0. The third kappa shape index (κ3) is 5.49. The van der Waals surface area contributed by atoms with E-state index in [1.807, 2.05) is 0 Å². The summed E-state index contributed by atoms with van der Waals surface area (Å²) in [5.74, 6) is -3.32. The van der Waals surface area contributed by atoms with E-state index in [0.717, 1.165) is 0 Å². The molecule has 0 bridgehead atoms. The molecule has 0 saturated carbocycles. The molecule has 0 aromatic heterocycles. The molecule has 0 radical (unpaired) electrons. The van der Waals surface area contributed by atoms with Crippen molar-refractivity contribution < 1.29 is 29.7 Å². The minimum absolute atomic E-state index is 0.0128. The van der Waals surface area contributed by atoms with Crippen molar-refractivity contribution in [3.8, 4) is 5.75 Å². The Kier molecular flexibility index (Phi) is 5.67. The number of nitrogens with two attached hydrogens (primary N) is 1. The molecule has 1 unspecified atom stereocenters. The van der Waals surface area contributed by atoms with Crippen LogP contribution in [-0.4, -0.2) is 45.2 Å². The van der Waals surface area contributed by atoms with Gasteiger partial charge >= 0.3 is 11.9 Å². The predicted molar refractivity (Wildman–Crippen MR) is 71.6 cm³/mol. The van der Waals surface area contributed by atoms with Crippen LogP contribution in [0.3, 0.4) is 0 Å². The molecule has 21 heavy (non-hydrogen) atoms. The van der Waals surface area contributed by atoms with E-state index in [-0.39, 0.29) is 12.2 Å². The fraction of sp³-hybridized carbons (Fsp3) is 0.308. The van der Waals surface area contributed by atoms with Gasteiger partial charge in [-0.05, 0) is 17.7 Å². The van der Waals surface area contributed by atoms with Gasteiger partial charge in [-0.1, -0.05) is 12.1 Å². The fourth-order valence-corrected chi connectivity index (χ4v) is 1.63. The fourth-order valence-electron chi connectivity index (χ4n) is 1.63. The lowest BCUT2D eigenvalue weighted by Gasteiger charge is -2.17. The second kappa shape index (κ2) is 7.25. The third-order valence-electron chi connectivity index (χ3n) is 2.72. The van der Waals surface area contributed by atoms with Crippen LogP contribution in [0.1, 0.15) is 12.0 Å². The summed E-state index contributed by atoms with van der Waals surface area (Å²) in [6, 6.07) is 3.29. The van der Waals surface area contributed by atoms with E-state index in [9.17, 15) is 14.4 Å². The van der Waals surface area contributed by atoms with Gasteiger partial charge in [-0.3, -0.25) is 9.59 Å². The van der Waals surface area contributed by atoms with E-state index in [0.29, 0.717) is 5.56 Å². The van der Waals surface area contributed by atoms with Gasteiger partial charge in [0, 0.05) is 6.42 Å². The number of rotatable bonds is 7. The van der Waals surface area contributed by atoms with Crippen LogP contribution in [0.15, 0.2) is 24.3 Å². The van der Waals surface area contributed by atoms with Gasteiger partial charge < -0.3 is 26.4 Å². The standard InChI is InChI=1S/C13H16N2O6/c14-9(6-11(17)18)12(19)15-10(13(20)21)5-7-1-3-8(16)4-2-7/h1-4,9-10,16H,5-6,14H2,(H,15,19)(H,17,18)(H,20,21)/t9-,10?/m0/s1. The van der Waals surface area contributed by atoms with Crippen molar-refractivity contribution in [1.29, 1.82) is 0 Å². The monoisotopic (exact) mass is 296 g/mol. The van der Waals surface area contributed by atoms with Gasteiger partial charge in [0.05, 0.1) is 12.5 Å². The van der Waals surface area contributed by atoms with E-state index >= 15 is 0 Å². The van der Waals surface area contributed by atoms with Crippen molar-refractivity contribution in [1.82, 2.24) is 5.32 Å². The summed E-state index contributed by atoms with van der Waals surface area (Å²) in [5.41, 5.74) is 5.95. The number of phenolic OH excluding ortho intramolecular Hbond substituents is 1. The largest absolute Gasteiger partial charge is 0.508 e. The smallest absolute Gasteiger partial charge is 0.326 e. The molecule has 0 aliphatic carbocycles. The number of amides is 1. The normalized spacial score (nSPS) is 13.2. The summed E-state index contributed by atoms with van der Waals surface area (Å²) < 4.78 is 0. The highest BCUT2D eigenvalue weighted by molar-refractivity contribution is 5.89. The van der Waals surface area contributed by atoms with Crippen LogP contribution in [-0.2, 0) is 20.8 Å². The van der Waals surface area contributed by atoms with Crippen molar-refractivity contribution in [2.45, 2.75) is 24.9 Å². The minimum Gasteiger partial charge on any atom is -0.508 e. The summed E-state index contributed by atoms with van der Waals surface area (Å²) in [5, 5.41) is 29.0. The first-order valence-corrected chi connectivity index (χ1v) is 6.08. The molecule has 0 saturated heterocycles. The summed E-state index contributed by atoms with van der Waals surface area (Å²) in [4.78, 5) is 33.2. The van der Waals surface area contributed by atoms with E-state index in [2.05, 4.69) is 5.32 Å². The van der Waals surface area contributed by atoms with Crippen LogP contribution >= 0.6 is 0 Å². The third-order valence-corrected chi connectivity index (χ3v) is 2.72. The van der Waals surface area contributed by atoms with Crippen molar-refractivity contribution in [2.75, 3.05) is 0 Å². The Labute approximate surface area is 120 Å². The first-order valence-electron chi connectivity index (χ1n) is 6.08. The molecule has 1 amide bonds. The number of nitrogens with one attached hydrogen (secondary N) is 1. The van der Waals surface area contributed by atoms with Crippen molar-refractivity contribution >= 4 is 17.8 Å². The molecule has 1 rings (SSSR count). The number of hydrogen-bond donors (Lipinski definition) is 5. The van der Waals surface area contributed by atoms with Crippen LogP contribution in [0, 0.1) is 0 Å². The van der Waals surface area contributed by atoms with E-state index in [4.69, 9.17) is 21.1 Å². The van der Waals surface area contributed by atoms with Gasteiger partial charge in [0.2, 0.25) is 5.91 Å². The van der Waals surface area contributed by atoms with Gasteiger partial charge in [-0.15, -0.1) is 0 Å². The van der Waals surface area contributed by atoms with Crippen LogP contribution < -0.4 is 11.1 Å². The molecule has 2 atom stereocenters. The van der Waals surface area contributed by atoms with Gasteiger partial charge in [0.15, 0.2) is 0 Å². The van der Waals surface area contributed by atoms with Gasteiger partial charge in [0.25, 0.3) is 0 Å². The Morgan fingerprint density at radius 1 is 1.14 bits per heavy atom. The topological polar surface area (TPSA) is 150 Å². The number of aliphatic carboxylic acids is 2. The first kappa shape index (κ1) is 16.4. The quantitative estimate of drug-likeness (QED) is 0.446. The van der Waals surface area contributed by atoms with Gasteiger partial charge in [0.1, 0.15) is 11.8 Å². The van der Waals surface area contributed by atoms with E-state index in [1.54, 1.807) is 0 Å². The van der Waals surface area contributed by atoms with Gasteiger partial charge in [-0.25, -0.2) is 4.79 Å². The lowest BCUT2D eigenvalue weighted by atomic mass is 10.1. The predicted octanol–water partition coefficient (Wildman–Crippen LogP) is -0.694. The number of carboxylic acids is 2. The SMILES string of the molecule is N[C@@H](CC(=O)O)C(=O)NC(Cc1ccc(O)cc1)C(=O)O. The molecule has 6 N–H and O–H groups in total. The maximum absolute atomic E-state index is 11.6. The zero-order chi connectivity index (χ0) is 16.0. The maximum Gasteiger partial charge on any atom is 0.326 e. The molecule has 0 spiro atoms. The molecule has 0 fully saturated rings. The van der Waals surface area contributed by atoms with Crippen LogP contribution in [0.25, 0.3) is 0 Å². The second-order valence-corrected chi connectivity index (χ2v) is 4.47. The molecule has 0 heterocycles. The summed E-state index contributed by atoms with van der Waals surface area (Å²) in [6.45, 7) is 0. The highest BCUT2D eigenvalue weighted by atomic mass is 16.4. The minimum atomic E-state index is -1.32. The number of carbonyl (C=O) groups excluding carboxylic acids is 1. The Morgan fingerprint density at radius 3 is 2.19 bits per heavy atom. The number of aromatic hydroxyl groups is 1. The molecule has 0 aliphatic heterocycles. The summed E-state index contributed by atoms with van der Waals surface area (Å²) in [7, 11) is 0. The highest BCUT2D eigenvalue weighted by Crippen LogP contribution is 2.11. The second-order valence-electron chi connectivity index (χ2n) is 4.47. The number of carbonyl (C=O) groups is 3. The maximum atomic E-state index is 11.6. The Morgan fingerprint density at radius 2 is 1.71 bits per heavy atom. The van der Waals surface area contributed by atoms with E-state index < -0.39 is 36.4 Å². The molecular weight excluding hydrogens is 280 g/mol. The van der Waals surface area contributed by atoms with Crippen LogP contribution in [0.2, 0.25) is 0 Å². The van der Waals surface area contributed by atoms with Crippen LogP contribution in [0.5, 0.6) is 5.75 Å². The Hall–Kier alpha value is -2.61. The average molecular weight is 296 g/mol. The van der Waals surface area contributed by atoms with Crippen molar-refractivity contribution in [3.63, 3.8) is 0 Å². The number of carboxylic acid groups (broad SMARTS) is 2. The number of phenols is 1. The first-order chi connectivity index (χ1) is 9.79. The van der Waals surface area contributed by atoms with Crippen molar-refractivity contribution in [3.05, 3.63) is 29.8 Å². The van der Waals surface area contributed by atoms with Gasteiger partial charge in [-0.2, -0.15) is 0 Å². The average Bonchev–Trinajstić information content (AvgIpc) is 2.39. The lowest BCUT2D eigenvalue weighted by Crippen LogP contribution is -2.49. The van der Waals surface area contributed by atoms with E-state index in [1.165, 1.54) is 24.3 Å². The van der Waals surface area contributed by atoms with Crippen molar-refractivity contribution in [2.24, 2.45) is 5.73 Å². The molecule has 8 heteroatoms.